The molecule has 1 heterocycles. The zero-order valence-electron chi connectivity index (χ0n) is 15.2. The summed E-state index contributed by atoms with van der Waals surface area (Å²) in [5.41, 5.74) is 0.377. The molecule has 0 bridgehead atoms. The van der Waals surface area contributed by atoms with Crippen molar-refractivity contribution < 1.29 is 19.1 Å². The maximum Gasteiger partial charge on any atom is 0.359 e. The van der Waals surface area contributed by atoms with Crippen LogP contribution in [0.15, 0.2) is 79.3 Å². The summed E-state index contributed by atoms with van der Waals surface area (Å²) in [6.07, 6.45) is 4.96. The van der Waals surface area contributed by atoms with Crippen molar-refractivity contribution in [3.05, 3.63) is 96.1 Å². The fourth-order valence-electron chi connectivity index (χ4n) is 2.71. The fourth-order valence-corrected chi connectivity index (χ4v) is 2.71. The molecular weight excluding hydrogens is 356 g/mol. The van der Waals surface area contributed by atoms with Gasteiger partial charge in [0.2, 0.25) is 0 Å². The first kappa shape index (κ1) is 19.4. The van der Waals surface area contributed by atoms with E-state index in [0.29, 0.717) is 12.9 Å². The van der Waals surface area contributed by atoms with Crippen molar-refractivity contribution in [3.63, 3.8) is 0 Å². The number of carbonyl (C=O) groups is 2. The Hall–Kier alpha value is -3.38. The van der Waals surface area contributed by atoms with Crippen LogP contribution < -0.4 is 0 Å². The number of aromatic nitrogens is 2. The van der Waals surface area contributed by atoms with E-state index in [2.05, 4.69) is 9.97 Å². The Balaban J connectivity index is 1.77. The molecule has 0 saturated heterocycles. The highest BCUT2D eigenvalue weighted by Gasteiger charge is 2.36. The maximum atomic E-state index is 12.5. The minimum atomic E-state index is -1.47. The summed E-state index contributed by atoms with van der Waals surface area (Å²) in [7, 11) is 0. The van der Waals surface area contributed by atoms with E-state index >= 15 is 0 Å². The van der Waals surface area contributed by atoms with E-state index in [1.807, 2.05) is 60.7 Å². The molecule has 1 unspecified atom stereocenters. The zero-order valence-corrected chi connectivity index (χ0v) is 15.2. The van der Waals surface area contributed by atoms with Crippen LogP contribution in [0.1, 0.15) is 21.6 Å². The summed E-state index contributed by atoms with van der Waals surface area (Å²) in [4.78, 5) is 32.4. The van der Waals surface area contributed by atoms with Crippen LogP contribution in [0.3, 0.4) is 0 Å². The second-order valence-corrected chi connectivity index (χ2v) is 6.30. The van der Waals surface area contributed by atoms with Gasteiger partial charge in [-0.05, 0) is 11.1 Å². The number of esters is 1. The van der Waals surface area contributed by atoms with E-state index in [9.17, 15) is 9.59 Å². The van der Waals surface area contributed by atoms with Crippen LogP contribution in [-0.2, 0) is 27.3 Å². The van der Waals surface area contributed by atoms with Gasteiger partial charge in [-0.15, -0.1) is 0 Å². The summed E-state index contributed by atoms with van der Waals surface area (Å²) >= 11 is 0. The molecule has 0 saturated carbocycles. The van der Waals surface area contributed by atoms with E-state index < -0.39 is 11.6 Å². The second kappa shape index (κ2) is 9.53. The first-order valence-electron chi connectivity index (χ1n) is 8.82. The number of aldehydes is 1. The standard InChI is InChI=1S/C22H20N2O4/c25-16-22(13-18-7-3-1-4-8-18,17-27-15-19-9-5-2-6-10-19)28-21(26)20-14-23-11-12-24-20/h1-12,14,16H,13,15,17H2. The van der Waals surface area contributed by atoms with Crippen molar-refractivity contribution >= 4 is 12.3 Å². The van der Waals surface area contributed by atoms with E-state index in [1.54, 1.807) is 0 Å². The molecule has 142 valence electrons. The van der Waals surface area contributed by atoms with Gasteiger partial charge in [-0.25, -0.2) is 9.78 Å². The summed E-state index contributed by atoms with van der Waals surface area (Å²) in [6.45, 7) is 0.222. The molecule has 0 aliphatic heterocycles. The van der Waals surface area contributed by atoms with Crippen molar-refractivity contribution in [3.8, 4) is 0 Å². The quantitative estimate of drug-likeness (QED) is 0.422. The maximum absolute atomic E-state index is 12.5. The first-order valence-corrected chi connectivity index (χ1v) is 8.82. The SMILES string of the molecule is O=CC(COCc1ccccc1)(Cc1ccccc1)OC(=O)c1cnccn1. The molecule has 1 aromatic heterocycles. The number of rotatable bonds is 9. The summed E-state index contributed by atoms with van der Waals surface area (Å²) < 4.78 is 11.3. The lowest BCUT2D eigenvalue weighted by molar-refractivity contribution is -0.133. The lowest BCUT2D eigenvalue weighted by Crippen LogP contribution is -2.44. The van der Waals surface area contributed by atoms with Crippen LogP contribution in [0, 0.1) is 0 Å². The smallest absolute Gasteiger partial charge is 0.359 e. The lowest BCUT2D eigenvalue weighted by atomic mass is 9.96. The lowest BCUT2D eigenvalue weighted by Gasteiger charge is -2.28. The van der Waals surface area contributed by atoms with Gasteiger partial charge in [0.05, 0.1) is 19.4 Å². The Kier molecular flexibility index (Phi) is 6.59. The van der Waals surface area contributed by atoms with E-state index in [1.165, 1.54) is 18.6 Å². The van der Waals surface area contributed by atoms with Gasteiger partial charge in [0.15, 0.2) is 17.6 Å². The normalized spacial score (nSPS) is 12.7. The summed E-state index contributed by atoms with van der Waals surface area (Å²) in [5, 5.41) is 0. The Morgan fingerprint density at radius 3 is 2.25 bits per heavy atom. The van der Waals surface area contributed by atoms with Crippen LogP contribution in [0.4, 0.5) is 0 Å². The molecule has 0 aliphatic rings. The van der Waals surface area contributed by atoms with Crippen molar-refractivity contribution in [1.82, 2.24) is 9.97 Å². The number of benzene rings is 2. The molecule has 0 fully saturated rings. The third-order valence-corrected chi connectivity index (χ3v) is 4.09. The molecule has 0 radical (unpaired) electrons. The van der Waals surface area contributed by atoms with E-state index in [0.717, 1.165) is 11.1 Å². The summed E-state index contributed by atoms with van der Waals surface area (Å²) in [6, 6.07) is 18.9. The number of hydrogen-bond acceptors (Lipinski definition) is 6. The van der Waals surface area contributed by atoms with Crippen LogP contribution in [0.5, 0.6) is 0 Å². The molecule has 0 aliphatic carbocycles. The molecule has 1 atom stereocenters. The average molecular weight is 376 g/mol. The van der Waals surface area contributed by atoms with E-state index in [4.69, 9.17) is 9.47 Å². The minimum absolute atomic E-state index is 0.0323. The van der Waals surface area contributed by atoms with Gasteiger partial charge in [-0.1, -0.05) is 60.7 Å². The highest BCUT2D eigenvalue weighted by molar-refractivity contribution is 5.88. The van der Waals surface area contributed by atoms with Gasteiger partial charge < -0.3 is 9.47 Å². The minimum Gasteiger partial charge on any atom is -0.444 e. The van der Waals surface area contributed by atoms with Crippen LogP contribution in [0.2, 0.25) is 0 Å². The van der Waals surface area contributed by atoms with E-state index in [-0.39, 0.29) is 18.7 Å². The van der Waals surface area contributed by atoms with Crippen molar-refractivity contribution in [2.75, 3.05) is 6.61 Å². The van der Waals surface area contributed by atoms with Crippen molar-refractivity contribution in [2.45, 2.75) is 18.6 Å². The molecule has 6 nitrogen and oxygen atoms in total. The Bertz CT molecular complexity index is 888. The molecule has 3 aromatic rings. The predicted octanol–water partition coefficient (Wildman–Crippen LogP) is 3.03. The van der Waals surface area contributed by atoms with Crippen molar-refractivity contribution in [1.29, 1.82) is 0 Å². The molecule has 2 aromatic carbocycles. The molecule has 0 N–H and O–H groups in total. The van der Waals surface area contributed by atoms with Gasteiger partial charge in [-0.2, -0.15) is 0 Å². The number of carbonyl (C=O) groups excluding carboxylic acids is 2. The highest BCUT2D eigenvalue weighted by Crippen LogP contribution is 2.20. The molecule has 0 spiro atoms. The third-order valence-electron chi connectivity index (χ3n) is 4.09. The van der Waals surface area contributed by atoms with Crippen LogP contribution >= 0.6 is 0 Å². The topological polar surface area (TPSA) is 78.4 Å². The predicted molar refractivity (Wildman–Crippen MR) is 102 cm³/mol. The molecule has 0 amide bonds. The fraction of sp³-hybridized carbons (Fsp3) is 0.182. The molecular formula is C22H20N2O4. The van der Waals surface area contributed by atoms with Crippen molar-refractivity contribution in [2.24, 2.45) is 0 Å². The zero-order chi connectivity index (χ0) is 19.7. The van der Waals surface area contributed by atoms with Gasteiger partial charge in [0.25, 0.3) is 0 Å². The Labute approximate surface area is 163 Å². The number of nitrogens with zero attached hydrogens (tertiary/aromatic N) is 2. The molecule has 28 heavy (non-hydrogen) atoms. The largest absolute Gasteiger partial charge is 0.444 e. The van der Waals surface area contributed by atoms with Crippen LogP contribution in [-0.4, -0.2) is 34.4 Å². The molecule has 6 heteroatoms. The summed E-state index contributed by atoms with van der Waals surface area (Å²) in [5.74, 6) is -0.723. The Morgan fingerprint density at radius 2 is 1.64 bits per heavy atom. The third kappa shape index (κ3) is 5.31. The monoisotopic (exact) mass is 376 g/mol. The number of ether oxygens (including phenoxy) is 2. The van der Waals surface area contributed by atoms with Gasteiger partial charge in [0.1, 0.15) is 0 Å². The Morgan fingerprint density at radius 1 is 0.964 bits per heavy atom. The first-order chi connectivity index (χ1) is 13.7. The van der Waals surface area contributed by atoms with Gasteiger partial charge >= 0.3 is 5.97 Å². The van der Waals surface area contributed by atoms with Crippen LogP contribution in [0.25, 0.3) is 0 Å². The average Bonchev–Trinajstić information content (AvgIpc) is 2.75. The second-order valence-electron chi connectivity index (χ2n) is 6.30. The van der Waals surface area contributed by atoms with Gasteiger partial charge in [-0.3, -0.25) is 9.78 Å². The number of hydrogen-bond donors (Lipinski definition) is 0. The highest BCUT2D eigenvalue weighted by atomic mass is 16.6. The van der Waals surface area contributed by atoms with Gasteiger partial charge in [0, 0.05) is 18.8 Å². The molecule has 3 rings (SSSR count).